The number of anilines is 1. The number of hydrogen-bond donors (Lipinski definition) is 1. The van der Waals surface area contributed by atoms with Crippen LogP contribution in [0.2, 0.25) is 0 Å². The minimum Gasteiger partial charge on any atom is -0.492 e. The van der Waals surface area contributed by atoms with Crippen LogP contribution >= 0.6 is 0 Å². The summed E-state index contributed by atoms with van der Waals surface area (Å²) in [5.41, 5.74) is 3.58. The SMILES string of the molecule is CCOc1ccccc1NCCC(=O)N1CCc2ccccc2C1. The van der Waals surface area contributed by atoms with Crippen molar-refractivity contribution in [1.82, 2.24) is 4.90 Å². The van der Waals surface area contributed by atoms with Gasteiger partial charge in [0.05, 0.1) is 12.3 Å². The average molecular weight is 324 g/mol. The van der Waals surface area contributed by atoms with E-state index in [1.54, 1.807) is 0 Å². The van der Waals surface area contributed by atoms with Crippen LogP contribution in [0.5, 0.6) is 5.75 Å². The third-order valence-electron chi connectivity index (χ3n) is 4.32. The standard InChI is InChI=1S/C20H24N2O2/c1-2-24-19-10-6-5-9-18(19)21-13-11-20(23)22-14-12-16-7-3-4-8-17(16)15-22/h3-10,21H,2,11-15H2,1H3. The maximum Gasteiger partial charge on any atom is 0.224 e. The highest BCUT2D eigenvalue weighted by atomic mass is 16.5. The molecule has 0 saturated heterocycles. The maximum absolute atomic E-state index is 12.5. The fourth-order valence-electron chi connectivity index (χ4n) is 3.06. The Morgan fingerprint density at radius 1 is 1.12 bits per heavy atom. The van der Waals surface area contributed by atoms with Crippen molar-refractivity contribution < 1.29 is 9.53 Å². The molecule has 4 nitrogen and oxygen atoms in total. The van der Waals surface area contributed by atoms with E-state index in [0.29, 0.717) is 19.6 Å². The molecule has 0 bridgehead atoms. The molecule has 1 aliphatic rings. The van der Waals surface area contributed by atoms with Gasteiger partial charge in [0.25, 0.3) is 0 Å². The molecule has 2 aromatic carbocycles. The first-order chi connectivity index (χ1) is 11.8. The van der Waals surface area contributed by atoms with Crippen molar-refractivity contribution in [2.45, 2.75) is 26.3 Å². The molecule has 0 spiro atoms. The molecule has 0 unspecified atom stereocenters. The molecule has 1 heterocycles. The van der Waals surface area contributed by atoms with Gasteiger partial charge in [0.2, 0.25) is 5.91 Å². The van der Waals surface area contributed by atoms with Gasteiger partial charge in [-0.25, -0.2) is 0 Å². The third-order valence-corrected chi connectivity index (χ3v) is 4.32. The van der Waals surface area contributed by atoms with Gasteiger partial charge in [-0.2, -0.15) is 0 Å². The largest absolute Gasteiger partial charge is 0.492 e. The fraction of sp³-hybridized carbons (Fsp3) is 0.350. The molecule has 4 heteroatoms. The summed E-state index contributed by atoms with van der Waals surface area (Å²) in [6, 6.07) is 16.2. The number of nitrogens with one attached hydrogen (secondary N) is 1. The van der Waals surface area contributed by atoms with Gasteiger partial charge >= 0.3 is 0 Å². The number of fused-ring (bicyclic) bond motifs is 1. The van der Waals surface area contributed by atoms with E-state index in [-0.39, 0.29) is 5.91 Å². The first-order valence-corrected chi connectivity index (χ1v) is 8.58. The molecule has 0 radical (unpaired) electrons. The van der Waals surface area contributed by atoms with Gasteiger partial charge in [-0.05, 0) is 36.6 Å². The summed E-state index contributed by atoms with van der Waals surface area (Å²) in [7, 11) is 0. The van der Waals surface area contributed by atoms with Crippen LogP contribution in [-0.2, 0) is 17.8 Å². The summed E-state index contributed by atoms with van der Waals surface area (Å²) in [5, 5.41) is 3.31. The van der Waals surface area contributed by atoms with Crippen molar-refractivity contribution in [1.29, 1.82) is 0 Å². The first-order valence-electron chi connectivity index (χ1n) is 8.58. The highest BCUT2D eigenvalue weighted by molar-refractivity contribution is 5.77. The molecular weight excluding hydrogens is 300 g/mol. The summed E-state index contributed by atoms with van der Waals surface area (Å²) in [6.07, 6.45) is 1.44. The number of hydrogen-bond acceptors (Lipinski definition) is 3. The zero-order chi connectivity index (χ0) is 16.8. The van der Waals surface area contributed by atoms with Crippen LogP contribution < -0.4 is 10.1 Å². The second-order valence-electron chi connectivity index (χ2n) is 5.94. The van der Waals surface area contributed by atoms with E-state index >= 15 is 0 Å². The zero-order valence-corrected chi connectivity index (χ0v) is 14.1. The Bertz CT molecular complexity index is 700. The topological polar surface area (TPSA) is 41.6 Å². The van der Waals surface area contributed by atoms with Gasteiger partial charge in [-0.15, -0.1) is 0 Å². The Labute approximate surface area is 143 Å². The molecule has 3 rings (SSSR count). The predicted octanol–water partition coefficient (Wildman–Crippen LogP) is 3.47. The van der Waals surface area contributed by atoms with Gasteiger partial charge in [0, 0.05) is 26.1 Å². The van der Waals surface area contributed by atoms with Gasteiger partial charge in [0.15, 0.2) is 0 Å². The normalized spacial score (nSPS) is 13.3. The lowest BCUT2D eigenvalue weighted by molar-refractivity contribution is -0.131. The number of rotatable bonds is 6. The van der Waals surface area contributed by atoms with Crippen LogP contribution in [0.25, 0.3) is 0 Å². The number of para-hydroxylation sites is 2. The number of ether oxygens (including phenoxy) is 1. The van der Waals surface area contributed by atoms with Gasteiger partial charge in [0.1, 0.15) is 5.75 Å². The van der Waals surface area contributed by atoms with Crippen molar-refractivity contribution in [3.05, 3.63) is 59.7 Å². The van der Waals surface area contributed by atoms with Crippen molar-refractivity contribution in [3.63, 3.8) is 0 Å². The Balaban J connectivity index is 1.52. The lowest BCUT2D eigenvalue weighted by Crippen LogP contribution is -2.36. The molecule has 0 atom stereocenters. The van der Waals surface area contributed by atoms with Crippen LogP contribution in [0, 0.1) is 0 Å². The minimum atomic E-state index is 0.200. The molecule has 1 aliphatic heterocycles. The molecule has 0 fully saturated rings. The van der Waals surface area contributed by atoms with Crippen LogP contribution in [0.15, 0.2) is 48.5 Å². The molecule has 126 valence electrons. The lowest BCUT2D eigenvalue weighted by atomic mass is 10.00. The van der Waals surface area contributed by atoms with Crippen molar-refractivity contribution in [2.24, 2.45) is 0 Å². The molecule has 0 saturated carbocycles. The highest BCUT2D eigenvalue weighted by Crippen LogP contribution is 2.24. The molecule has 0 aromatic heterocycles. The molecular formula is C20H24N2O2. The summed E-state index contributed by atoms with van der Waals surface area (Å²) < 4.78 is 5.59. The Hall–Kier alpha value is -2.49. The second kappa shape index (κ2) is 7.86. The fourth-order valence-corrected chi connectivity index (χ4v) is 3.06. The van der Waals surface area contributed by atoms with Gasteiger partial charge in [-0.1, -0.05) is 36.4 Å². The average Bonchev–Trinajstić information content (AvgIpc) is 2.63. The van der Waals surface area contributed by atoms with Gasteiger partial charge in [-0.3, -0.25) is 4.79 Å². The van der Waals surface area contributed by atoms with Gasteiger partial charge < -0.3 is 15.0 Å². The Morgan fingerprint density at radius 2 is 1.88 bits per heavy atom. The van der Waals surface area contributed by atoms with E-state index in [4.69, 9.17) is 4.74 Å². The van der Waals surface area contributed by atoms with E-state index in [0.717, 1.165) is 30.9 Å². The number of carbonyl (C=O) groups excluding carboxylic acids is 1. The quantitative estimate of drug-likeness (QED) is 0.884. The minimum absolute atomic E-state index is 0.200. The number of nitrogens with zero attached hydrogens (tertiary/aromatic N) is 1. The first kappa shape index (κ1) is 16.4. The molecule has 0 aliphatic carbocycles. The van der Waals surface area contributed by atoms with Crippen molar-refractivity contribution >= 4 is 11.6 Å². The van der Waals surface area contributed by atoms with E-state index in [9.17, 15) is 4.79 Å². The summed E-state index contributed by atoms with van der Waals surface area (Å²) in [4.78, 5) is 14.4. The monoisotopic (exact) mass is 324 g/mol. The van der Waals surface area contributed by atoms with Crippen molar-refractivity contribution in [3.8, 4) is 5.75 Å². The Morgan fingerprint density at radius 3 is 2.71 bits per heavy atom. The summed E-state index contributed by atoms with van der Waals surface area (Å²) in [5.74, 6) is 1.03. The smallest absolute Gasteiger partial charge is 0.224 e. The second-order valence-corrected chi connectivity index (χ2v) is 5.94. The molecule has 1 N–H and O–H groups in total. The van der Waals surface area contributed by atoms with E-state index < -0.39 is 0 Å². The Kier molecular flexibility index (Phi) is 5.36. The van der Waals surface area contributed by atoms with Crippen LogP contribution in [0.1, 0.15) is 24.5 Å². The highest BCUT2D eigenvalue weighted by Gasteiger charge is 2.19. The zero-order valence-electron chi connectivity index (χ0n) is 14.1. The maximum atomic E-state index is 12.5. The van der Waals surface area contributed by atoms with Crippen LogP contribution in [-0.4, -0.2) is 30.5 Å². The molecule has 1 amide bonds. The number of amides is 1. The number of benzene rings is 2. The predicted molar refractivity (Wildman–Crippen MR) is 96.3 cm³/mol. The van der Waals surface area contributed by atoms with Crippen LogP contribution in [0.3, 0.4) is 0 Å². The lowest BCUT2D eigenvalue weighted by Gasteiger charge is -2.29. The molecule has 24 heavy (non-hydrogen) atoms. The van der Waals surface area contributed by atoms with E-state index in [2.05, 4.69) is 23.5 Å². The summed E-state index contributed by atoms with van der Waals surface area (Å²) in [6.45, 7) is 4.75. The van der Waals surface area contributed by atoms with Crippen LogP contribution in [0.4, 0.5) is 5.69 Å². The van der Waals surface area contributed by atoms with E-state index in [1.807, 2.05) is 42.2 Å². The van der Waals surface area contributed by atoms with Crippen molar-refractivity contribution in [2.75, 3.05) is 25.0 Å². The number of carbonyl (C=O) groups is 1. The third kappa shape index (κ3) is 3.88. The summed E-state index contributed by atoms with van der Waals surface area (Å²) >= 11 is 0. The molecule has 2 aromatic rings. The van der Waals surface area contributed by atoms with E-state index in [1.165, 1.54) is 11.1 Å².